The van der Waals surface area contributed by atoms with Gasteiger partial charge in [0.15, 0.2) is 0 Å². The van der Waals surface area contributed by atoms with Crippen molar-refractivity contribution in [2.24, 2.45) is 0 Å². The van der Waals surface area contributed by atoms with Crippen LogP contribution < -0.4 is 5.46 Å². The Balaban J connectivity index is 2.08. The Morgan fingerprint density at radius 3 is 2.58 bits per heavy atom. The largest absolute Gasteiger partial charge is 0.424 e. The number of hydrogen-bond donors (Lipinski definition) is 1. The maximum atomic E-state index is 9.46. The molecule has 0 bridgehead atoms. The second-order valence-electron chi connectivity index (χ2n) is 4.41. The lowest BCUT2D eigenvalue weighted by Crippen LogP contribution is -2.10. The van der Waals surface area contributed by atoms with Gasteiger partial charge in [0.1, 0.15) is 0 Å². The molecule has 1 heterocycles. The fourth-order valence-corrected chi connectivity index (χ4v) is 2.68. The summed E-state index contributed by atoms with van der Waals surface area (Å²) in [6, 6.07) is 11.1. The standard InChI is InChI=1S/C14H10BCl2O2/c16-9-1-3-11(8(5-9)7-18)14-12-6-10(17)2-4-13(12)15-19-14/h1-6,14,18H,7H2. The van der Waals surface area contributed by atoms with Gasteiger partial charge in [0, 0.05) is 10.0 Å². The molecule has 19 heavy (non-hydrogen) atoms. The van der Waals surface area contributed by atoms with Crippen molar-refractivity contribution < 1.29 is 9.76 Å². The van der Waals surface area contributed by atoms with Gasteiger partial charge in [0.25, 0.3) is 0 Å². The molecule has 1 aliphatic heterocycles. The van der Waals surface area contributed by atoms with Crippen molar-refractivity contribution in [3.63, 3.8) is 0 Å². The summed E-state index contributed by atoms with van der Waals surface area (Å²) in [6.07, 6.45) is -0.242. The van der Waals surface area contributed by atoms with Crippen LogP contribution in [0.1, 0.15) is 22.8 Å². The third-order valence-corrected chi connectivity index (χ3v) is 3.69. The molecule has 1 unspecified atom stereocenters. The van der Waals surface area contributed by atoms with Crippen LogP contribution >= 0.6 is 23.2 Å². The molecular formula is C14H10BCl2O2. The SMILES string of the molecule is OCc1cc(Cl)ccc1C1O[B]c2ccc(Cl)cc21. The molecule has 0 saturated carbocycles. The molecule has 0 amide bonds. The first-order valence-corrected chi connectivity index (χ1v) is 6.62. The van der Waals surface area contributed by atoms with Gasteiger partial charge in [0.2, 0.25) is 0 Å². The first-order chi connectivity index (χ1) is 9.19. The van der Waals surface area contributed by atoms with Crippen LogP contribution in [0, 0.1) is 0 Å². The van der Waals surface area contributed by atoms with Gasteiger partial charge in [0.05, 0.1) is 12.7 Å². The summed E-state index contributed by atoms with van der Waals surface area (Å²) >= 11 is 12.0. The molecule has 1 atom stereocenters. The minimum atomic E-state index is -0.242. The zero-order valence-electron chi connectivity index (χ0n) is 9.94. The highest BCUT2D eigenvalue weighted by atomic mass is 35.5. The van der Waals surface area contributed by atoms with E-state index in [0.29, 0.717) is 10.0 Å². The molecule has 5 heteroatoms. The quantitative estimate of drug-likeness (QED) is 0.862. The van der Waals surface area contributed by atoms with E-state index in [1.807, 2.05) is 24.3 Å². The predicted molar refractivity (Wildman–Crippen MR) is 77.1 cm³/mol. The molecule has 2 aromatic rings. The van der Waals surface area contributed by atoms with Crippen molar-refractivity contribution in [1.29, 1.82) is 0 Å². The predicted octanol–water partition coefficient (Wildman–Crippen LogP) is 2.85. The molecule has 2 nitrogen and oxygen atoms in total. The maximum absolute atomic E-state index is 9.46. The van der Waals surface area contributed by atoms with E-state index < -0.39 is 0 Å². The minimum absolute atomic E-state index is 0.0777. The second-order valence-corrected chi connectivity index (χ2v) is 5.28. The van der Waals surface area contributed by atoms with Crippen LogP contribution in [-0.2, 0) is 11.3 Å². The Kier molecular flexibility index (Phi) is 3.55. The Morgan fingerprint density at radius 2 is 1.79 bits per heavy atom. The summed E-state index contributed by atoms with van der Waals surface area (Å²) in [7, 11) is 1.71. The lowest BCUT2D eigenvalue weighted by Gasteiger charge is -2.17. The minimum Gasteiger partial charge on any atom is -0.424 e. The van der Waals surface area contributed by atoms with Crippen LogP contribution in [0.2, 0.25) is 10.0 Å². The normalized spacial score (nSPS) is 17.1. The van der Waals surface area contributed by atoms with Crippen LogP contribution in [0.25, 0.3) is 0 Å². The van der Waals surface area contributed by atoms with Crippen LogP contribution in [0.3, 0.4) is 0 Å². The zero-order chi connectivity index (χ0) is 13.4. The Bertz CT molecular complexity index is 631. The topological polar surface area (TPSA) is 29.5 Å². The van der Waals surface area contributed by atoms with Gasteiger partial charge in [-0.2, -0.15) is 0 Å². The van der Waals surface area contributed by atoms with E-state index in [0.717, 1.165) is 22.2 Å². The van der Waals surface area contributed by atoms with Crippen molar-refractivity contribution in [2.75, 3.05) is 0 Å². The molecule has 1 N–H and O–H groups in total. The lowest BCUT2D eigenvalue weighted by molar-refractivity contribution is 0.258. The number of halogens is 2. The van der Waals surface area contributed by atoms with Crippen molar-refractivity contribution in [1.82, 2.24) is 0 Å². The fraction of sp³-hybridized carbons (Fsp3) is 0.143. The summed E-state index contributed by atoms with van der Waals surface area (Å²) in [4.78, 5) is 0. The summed E-state index contributed by atoms with van der Waals surface area (Å²) < 4.78 is 5.71. The summed E-state index contributed by atoms with van der Waals surface area (Å²) in [5.74, 6) is 0. The van der Waals surface area contributed by atoms with E-state index in [1.54, 1.807) is 19.6 Å². The molecule has 1 aliphatic rings. The lowest BCUT2D eigenvalue weighted by atomic mass is 9.85. The van der Waals surface area contributed by atoms with Crippen molar-refractivity contribution >= 4 is 36.1 Å². The number of benzene rings is 2. The van der Waals surface area contributed by atoms with Crippen LogP contribution in [-0.4, -0.2) is 12.6 Å². The van der Waals surface area contributed by atoms with Gasteiger partial charge in [-0.05, 0) is 46.4 Å². The highest BCUT2D eigenvalue weighted by Gasteiger charge is 2.27. The first kappa shape index (κ1) is 13.0. The second kappa shape index (κ2) is 5.18. The summed E-state index contributed by atoms with van der Waals surface area (Å²) in [5.41, 5.74) is 3.68. The average molecular weight is 292 g/mol. The van der Waals surface area contributed by atoms with Gasteiger partial charge in [-0.25, -0.2) is 0 Å². The van der Waals surface area contributed by atoms with Crippen molar-refractivity contribution in [3.8, 4) is 0 Å². The van der Waals surface area contributed by atoms with E-state index in [1.165, 1.54) is 0 Å². The van der Waals surface area contributed by atoms with E-state index in [4.69, 9.17) is 27.9 Å². The molecule has 3 rings (SSSR count). The number of fused-ring (bicyclic) bond motifs is 1. The maximum Gasteiger partial charge on any atom is 0.331 e. The number of aliphatic hydroxyl groups is 1. The van der Waals surface area contributed by atoms with E-state index in [-0.39, 0.29) is 12.7 Å². The molecule has 0 aliphatic carbocycles. The summed E-state index contributed by atoms with van der Waals surface area (Å²) in [6.45, 7) is -0.0777. The van der Waals surface area contributed by atoms with Gasteiger partial charge >= 0.3 is 7.48 Å². The molecule has 0 fully saturated rings. The average Bonchev–Trinajstić information content (AvgIpc) is 2.81. The molecular weight excluding hydrogens is 282 g/mol. The third-order valence-electron chi connectivity index (χ3n) is 3.22. The zero-order valence-corrected chi connectivity index (χ0v) is 11.4. The van der Waals surface area contributed by atoms with Gasteiger partial charge in [-0.3, -0.25) is 0 Å². The van der Waals surface area contributed by atoms with E-state index in [9.17, 15) is 5.11 Å². The number of rotatable bonds is 2. The molecule has 0 aromatic heterocycles. The smallest absolute Gasteiger partial charge is 0.331 e. The Labute approximate surface area is 122 Å². The van der Waals surface area contributed by atoms with Gasteiger partial charge in [-0.15, -0.1) is 0 Å². The van der Waals surface area contributed by atoms with Crippen molar-refractivity contribution in [2.45, 2.75) is 12.7 Å². The molecule has 0 spiro atoms. The fourth-order valence-electron chi connectivity index (χ4n) is 2.30. The van der Waals surface area contributed by atoms with Crippen LogP contribution in [0.15, 0.2) is 36.4 Å². The summed E-state index contributed by atoms with van der Waals surface area (Å²) in [5, 5.41) is 10.7. The van der Waals surface area contributed by atoms with Crippen LogP contribution in [0.5, 0.6) is 0 Å². The van der Waals surface area contributed by atoms with Gasteiger partial charge in [-0.1, -0.05) is 35.3 Å². The Morgan fingerprint density at radius 1 is 1.05 bits per heavy atom. The number of hydrogen-bond acceptors (Lipinski definition) is 2. The highest BCUT2D eigenvalue weighted by molar-refractivity contribution is 6.49. The molecule has 95 valence electrons. The van der Waals surface area contributed by atoms with E-state index in [2.05, 4.69) is 0 Å². The third kappa shape index (κ3) is 2.39. The van der Waals surface area contributed by atoms with E-state index >= 15 is 0 Å². The Hall–Kier alpha value is -0.995. The van der Waals surface area contributed by atoms with Gasteiger partial charge < -0.3 is 9.76 Å². The molecule has 1 radical (unpaired) electrons. The monoisotopic (exact) mass is 291 g/mol. The highest BCUT2D eigenvalue weighted by Crippen LogP contribution is 2.33. The first-order valence-electron chi connectivity index (χ1n) is 5.86. The van der Waals surface area contributed by atoms with Crippen molar-refractivity contribution in [3.05, 3.63) is 63.1 Å². The van der Waals surface area contributed by atoms with Crippen LogP contribution in [0.4, 0.5) is 0 Å². The number of aliphatic hydroxyl groups excluding tert-OH is 1. The molecule has 2 aromatic carbocycles. The molecule has 0 saturated heterocycles.